The van der Waals surface area contributed by atoms with E-state index >= 15 is 0 Å². The Balaban J connectivity index is 1.99. The van der Waals surface area contributed by atoms with E-state index in [-0.39, 0.29) is 24.3 Å². The van der Waals surface area contributed by atoms with Crippen LogP contribution in [-0.4, -0.2) is 40.8 Å². The number of benzene rings is 2. The number of unbranched alkanes of at least 4 members (excludes halogenated alkanes) is 3. The smallest absolute Gasteiger partial charge is 0.328 e. The van der Waals surface area contributed by atoms with Crippen LogP contribution in [0.25, 0.3) is 0 Å². The molecule has 0 saturated carbocycles. The van der Waals surface area contributed by atoms with Gasteiger partial charge in [-0.3, -0.25) is 4.79 Å². The Kier molecular flexibility index (Phi) is 9.84. The van der Waals surface area contributed by atoms with Crippen molar-refractivity contribution in [2.75, 3.05) is 6.61 Å². The molecule has 0 radical (unpaired) electrons. The van der Waals surface area contributed by atoms with Crippen molar-refractivity contribution in [3.63, 3.8) is 0 Å². The zero-order valence-electron chi connectivity index (χ0n) is 17.9. The van der Waals surface area contributed by atoms with Crippen LogP contribution in [-0.2, 0) is 27.2 Å². The van der Waals surface area contributed by atoms with Crippen LogP contribution >= 0.6 is 0 Å². The predicted octanol–water partition coefficient (Wildman–Crippen LogP) is 2.82. The number of aromatic hydroxyl groups is 2. The Morgan fingerprint density at radius 2 is 1.45 bits per heavy atom. The lowest BCUT2D eigenvalue weighted by atomic mass is 10.0. The van der Waals surface area contributed by atoms with Gasteiger partial charge in [0.25, 0.3) is 0 Å². The van der Waals surface area contributed by atoms with Gasteiger partial charge in [-0.15, -0.1) is 0 Å². The summed E-state index contributed by atoms with van der Waals surface area (Å²) in [5.74, 6) is -0.703. The van der Waals surface area contributed by atoms with Crippen molar-refractivity contribution in [1.29, 1.82) is 0 Å². The molecule has 0 aromatic heterocycles. The Morgan fingerprint density at radius 1 is 0.903 bits per heavy atom. The number of phenols is 2. The molecule has 31 heavy (non-hydrogen) atoms. The largest absolute Gasteiger partial charge is 0.508 e. The number of nitrogens with one attached hydrogen (secondary N) is 1. The molecule has 2 rings (SSSR count). The van der Waals surface area contributed by atoms with Crippen molar-refractivity contribution in [1.82, 2.24) is 5.32 Å². The van der Waals surface area contributed by atoms with Gasteiger partial charge in [0.1, 0.15) is 17.5 Å². The average Bonchev–Trinajstić information content (AvgIpc) is 2.76. The number of rotatable bonds is 12. The van der Waals surface area contributed by atoms with Crippen LogP contribution in [0.4, 0.5) is 0 Å². The van der Waals surface area contributed by atoms with E-state index in [0.717, 1.165) is 36.8 Å². The average molecular weight is 429 g/mol. The highest BCUT2D eigenvalue weighted by atomic mass is 16.5. The van der Waals surface area contributed by atoms with E-state index in [1.54, 1.807) is 24.3 Å². The quantitative estimate of drug-likeness (QED) is 0.305. The summed E-state index contributed by atoms with van der Waals surface area (Å²) in [6, 6.07) is 11.2. The van der Waals surface area contributed by atoms with E-state index in [1.807, 2.05) is 0 Å². The molecular formula is C24H32N2O5. The van der Waals surface area contributed by atoms with Crippen LogP contribution in [0, 0.1) is 0 Å². The van der Waals surface area contributed by atoms with Crippen LogP contribution < -0.4 is 11.1 Å². The van der Waals surface area contributed by atoms with Crippen molar-refractivity contribution >= 4 is 11.9 Å². The molecule has 2 aromatic rings. The lowest BCUT2D eigenvalue weighted by molar-refractivity contribution is -0.148. The summed E-state index contributed by atoms with van der Waals surface area (Å²) < 4.78 is 5.39. The van der Waals surface area contributed by atoms with Crippen molar-refractivity contribution in [2.24, 2.45) is 5.73 Å². The van der Waals surface area contributed by atoms with Crippen molar-refractivity contribution in [3.8, 4) is 11.5 Å². The lowest BCUT2D eigenvalue weighted by Gasteiger charge is -2.20. The maximum Gasteiger partial charge on any atom is 0.328 e. The number of amides is 1. The van der Waals surface area contributed by atoms with Gasteiger partial charge in [-0.1, -0.05) is 50.5 Å². The lowest BCUT2D eigenvalue weighted by Crippen LogP contribution is -2.50. The highest BCUT2D eigenvalue weighted by Crippen LogP contribution is 2.13. The molecule has 0 spiro atoms. The molecule has 168 valence electrons. The zero-order chi connectivity index (χ0) is 22.6. The third kappa shape index (κ3) is 8.68. The minimum atomic E-state index is -0.880. The first-order chi connectivity index (χ1) is 14.9. The van der Waals surface area contributed by atoms with E-state index in [4.69, 9.17) is 10.5 Å². The van der Waals surface area contributed by atoms with Crippen LogP contribution in [0.3, 0.4) is 0 Å². The molecule has 7 heteroatoms. The van der Waals surface area contributed by atoms with Gasteiger partial charge in [-0.2, -0.15) is 0 Å². The zero-order valence-corrected chi connectivity index (χ0v) is 17.9. The first-order valence-electron chi connectivity index (χ1n) is 10.7. The standard InChI is InChI=1S/C24H32N2O5/c1-2-3-4-5-14-31-24(30)22(16-18-8-12-20(28)13-9-18)26-23(29)21(25)15-17-6-10-19(27)11-7-17/h6-13,21-22,27-28H,2-5,14-16,25H2,1H3,(H,26,29)/t21-,22-/m0/s1. The fourth-order valence-corrected chi connectivity index (χ4v) is 3.12. The summed E-state index contributed by atoms with van der Waals surface area (Å²) in [5, 5.41) is 21.6. The number of carbonyl (C=O) groups excluding carboxylic acids is 2. The second-order valence-corrected chi connectivity index (χ2v) is 7.64. The Morgan fingerprint density at radius 3 is 2.00 bits per heavy atom. The molecule has 7 nitrogen and oxygen atoms in total. The van der Waals surface area contributed by atoms with Crippen LogP contribution in [0.2, 0.25) is 0 Å². The topological polar surface area (TPSA) is 122 Å². The number of carbonyl (C=O) groups is 2. The molecule has 2 aromatic carbocycles. The van der Waals surface area contributed by atoms with Gasteiger partial charge in [0.05, 0.1) is 12.6 Å². The van der Waals surface area contributed by atoms with E-state index in [9.17, 15) is 19.8 Å². The number of esters is 1. The molecule has 0 bridgehead atoms. The number of phenolic OH excluding ortho intramolecular Hbond substituents is 2. The Labute approximate surface area is 183 Å². The highest BCUT2D eigenvalue weighted by molar-refractivity contribution is 5.87. The van der Waals surface area contributed by atoms with Crippen LogP contribution in [0.5, 0.6) is 11.5 Å². The van der Waals surface area contributed by atoms with Gasteiger partial charge in [0, 0.05) is 6.42 Å². The van der Waals surface area contributed by atoms with Gasteiger partial charge in [-0.25, -0.2) is 4.79 Å². The second kappa shape index (κ2) is 12.6. The summed E-state index contributed by atoms with van der Waals surface area (Å²) in [6.07, 6.45) is 4.43. The molecule has 0 aliphatic rings. The maximum absolute atomic E-state index is 12.7. The molecule has 0 aliphatic heterocycles. The van der Waals surface area contributed by atoms with Crippen molar-refractivity contribution in [2.45, 2.75) is 57.5 Å². The van der Waals surface area contributed by atoms with Gasteiger partial charge in [0.2, 0.25) is 5.91 Å². The third-order valence-corrected chi connectivity index (χ3v) is 4.95. The summed E-state index contributed by atoms with van der Waals surface area (Å²) in [5.41, 5.74) is 7.62. The highest BCUT2D eigenvalue weighted by Gasteiger charge is 2.25. The Bertz CT molecular complexity index is 821. The number of hydrogen-bond acceptors (Lipinski definition) is 6. The van der Waals surface area contributed by atoms with E-state index in [2.05, 4.69) is 12.2 Å². The van der Waals surface area contributed by atoms with Crippen molar-refractivity contribution in [3.05, 3.63) is 59.7 Å². The van der Waals surface area contributed by atoms with Gasteiger partial charge in [-0.05, 0) is 48.2 Å². The van der Waals surface area contributed by atoms with Crippen LogP contribution in [0.1, 0.15) is 43.7 Å². The summed E-state index contributed by atoms with van der Waals surface area (Å²) >= 11 is 0. The first kappa shape index (κ1) is 24.2. The molecule has 2 atom stereocenters. The summed E-state index contributed by atoms with van der Waals surface area (Å²) in [4.78, 5) is 25.3. The van der Waals surface area contributed by atoms with E-state index < -0.39 is 24.0 Å². The third-order valence-electron chi connectivity index (χ3n) is 4.95. The number of hydrogen-bond donors (Lipinski definition) is 4. The maximum atomic E-state index is 12.7. The SMILES string of the molecule is CCCCCCOC(=O)[C@H](Cc1ccc(O)cc1)NC(=O)[C@@H](N)Cc1ccc(O)cc1. The molecule has 0 saturated heterocycles. The Hall–Kier alpha value is -3.06. The molecular weight excluding hydrogens is 396 g/mol. The molecule has 0 unspecified atom stereocenters. The molecule has 0 fully saturated rings. The van der Waals surface area contributed by atoms with Gasteiger partial charge >= 0.3 is 5.97 Å². The monoisotopic (exact) mass is 428 g/mol. The fraction of sp³-hybridized carbons (Fsp3) is 0.417. The fourth-order valence-electron chi connectivity index (χ4n) is 3.12. The molecule has 1 amide bonds. The normalized spacial score (nSPS) is 12.7. The summed E-state index contributed by atoms with van der Waals surface area (Å²) in [6.45, 7) is 2.41. The van der Waals surface area contributed by atoms with Crippen molar-refractivity contribution < 1.29 is 24.5 Å². The second-order valence-electron chi connectivity index (χ2n) is 7.64. The van der Waals surface area contributed by atoms with Crippen LogP contribution in [0.15, 0.2) is 48.5 Å². The van der Waals surface area contributed by atoms with Gasteiger partial charge in [0.15, 0.2) is 0 Å². The molecule has 5 N–H and O–H groups in total. The minimum Gasteiger partial charge on any atom is -0.508 e. The van der Waals surface area contributed by atoms with Gasteiger partial charge < -0.3 is 26.0 Å². The number of ether oxygens (including phenoxy) is 1. The first-order valence-corrected chi connectivity index (χ1v) is 10.7. The predicted molar refractivity (Wildman–Crippen MR) is 119 cm³/mol. The molecule has 0 aliphatic carbocycles. The minimum absolute atomic E-state index is 0.124. The summed E-state index contributed by atoms with van der Waals surface area (Å²) in [7, 11) is 0. The number of nitrogens with two attached hydrogens (primary N) is 1. The van der Waals surface area contributed by atoms with E-state index in [0.29, 0.717) is 6.61 Å². The molecule has 0 heterocycles. The van der Waals surface area contributed by atoms with E-state index in [1.165, 1.54) is 24.3 Å².